The van der Waals surface area contributed by atoms with Crippen molar-refractivity contribution >= 4 is 45.5 Å². The molecule has 52 heavy (non-hydrogen) atoms. The Labute approximate surface area is 296 Å². The Kier molecular flexibility index (Phi) is 10.2. The van der Waals surface area contributed by atoms with Crippen molar-refractivity contribution in [1.29, 1.82) is 0 Å². The number of hydrogen-bond acceptors (Lipinski definition) is 13. The fourth-order valence-corrected chi connectivity index (χ4v) is 6.14. The molecule has 5 N–H and O–H groups in total. The van der Waals surface area contributed by atoms with Crippen molar-refractivity contribution in [3.05, 3.63) is 96.8 Å². The molecule has 4 aromatic heterocycles. The number of aliphatic hydroxyl groups excluding tert-OH is 3. The highest BCUT2D eigenvalue weighted by atomic mass is 16.5. The lowest BCUT2D eigenvalue weighted by atomic mass is 10.1. The van der Waals surface area contributed by atoms with Crippen LogP contribution in [0.15, 0.2) is 85.7 Å². The highest BCUT2D eigenvalue weighted by Gasteiger charge is 2.36. The summed E-state index contributed by atoms with van der Waals surface area (Å²) in [7, 11) is 0. The second kappa shape index (κ2) is 15.3. The maximum absolute atomic E-state index is 12.4. The number of nitrogens with zero attached hydrogens (tertiary/aromatic N) is 8. The van der Waals surface area contributed by atoms with E-state index < -0.39 is 24.5 Å². The molecule has 8 rings (SSSR count). The lowest BCUT2D eigenvalue weighted by Gasteiger charge is -2.13. The fraction of sp³-hybridized carbons (Fsp3) is 0.314. The summed E-state index contributed by atoms with van der Waals surface area (Å²) in [5, 5.41) is 44.6. The van der Waals surface area contributed by atoms with Crippen LogP contribution in [0.2, 0.25) is 0 Å². The molecule has 17 nitrogen and oxygen atoms in total. The van der Waals surface area contributed by atoms with Crippen LogP contribution in [0.1, 0.15) is 59.4 Å². The van der Waals surface area contributed by atoms with Gasteiger partial charge in [0.1, 0.15) is 30.4 Å². The molecule has 0 spiro atoms. The third-order valence-corrected chi connectivity index (χ3v) is 8.85. The third-order valence-electron chi connectivity index (χ3n) is 8.85. The van der Waals surface area contributed by atoms with Crippen molar-refractivity contribution in [3.63, 3.8) is 0 Å². The zero-order valence-electron chi connectivity index (χ0n) is 27.9. The minimum absolute atomic E-state index is 0.210. The molecule has 6 heterocycles. The molecule has 6 aromatic rings. The van der Waals surface area contributed by atoms with E-state index in [9.17, 15) is 24.9 Å². The second-order valence-corrected chi connectivity index (χ2v) is 12.2. The van der Waals surface area contributed by atoms with Gasteiger partial charge in [-0.15, -0.1) is 0 Å². The van der Waals surface area contributed by atoms with Gasteiger partial charge < -0.3 is 35.4 Å². The Bertz CT molecular complexity index is 2010. The minimum Gasteiger partial charge on any atom is -0.394 e. The summed E-state index contributed by atoms with van der Waals surface area (Å²) in [6.45, 7) is 1.70. The molecule has 6 atom stereocenters. The largest absolute Gasteiger partial charge is 0.394 e. The van der Waals surface area contributed by atoms with Crippen LogP contribution in [-0.2, 0) is 9.47 Å². The number of aromatic nitrogens is 8. The maximum Gasteiger partial charge on any atom is 0.256 e. The minimum atomic E-state index is -0.775. The fourth-order valence-electron chi connectivity index (χ4n) is 6.14. The van der Waals surface area contributed by atoms with Crippen molar-refractivity contribution in [2.24, 2.45) is 0 Å². The standard InChI is InChI=1S/C18H19N5O3.C17H17N5O4/c1-2-14-13(24)8-15(26-14)23-17-12(9-21-23)16(19-10-20-17)22-18(25)11-6-4-3-5-7-11;23-8-13-12(24)6-14(26-13)22-16-11(7-20-22)15(18-9-19-16)21-17(25)10-4-2-1-3-5-10/h3-7,9-10,13-15,24H,2,8H2,1H3,(H,19,20,22,25);1-5,7,9,12-14,23-24H,6,8H2,(H,18,19,21,25)/t13-,14-,15-;12-,13-,14-/m11/s1. The summed E-state index contributed by atoms with van der Waals surface area (Å²) in [6, 6.07) is 17.7. The second-order valence-electron chi connectivity index (χ2n) is 12.2. The summed E-state index contributed by atoms with van der Waals surface area (Å²) in [5.74, 6) is 0.191. The SMILES string of the molecule is CC[C@H]1O[C@@H](n2ncc3c(NC(=O)c4ccccc4)ncnc32)C[C@H]1O.O=C(Nc1ncnc2c1cnn2[C@H]1C[C@@H](O)[C@@H](CO)O1)c1ccccc1. The van der Waals surface area contributed by atoms with Gasteiger partial charge in [-0.25, -0.2) is 29.3 Å². The van der Waals surface area contributed by atoms with Crippen LogP contribution in [-0.4, -0.2) is 97.7 Å². The summed E-state index contributed by atoms with van der Waals surface area (Å²) in [4.78, 5) is 41.5. The number of hydrogen-bond donors (Lipinski definition) is 5. The van der Waals surface area contributed by atoms with Crippen LogP contribution in [0.3, 0.4) is 0 Å². The van der Waals surface area contributed by atoms with Gasteiger partial charge in [-0.05, 0) is 30.7 Å². The predicted octanol–water partition coefficient (Wildman–Crippen LogP) is 2.86. The summed E-state index contributed by atoms with van der Waals surface area (Å²) in [6.07, 6.45) is 4.21. The first-order valence-electron chi connectivity index (χ1n) is 16.7. The van der Waals surface area contributed by atoms with Gasteiger partial charge in [0.25, 0.3) is 11.8 Å². The van der Waals surface area contributed by atoms with E-state index in [1.54, 1.807) is 59.4 Å². The lowest BCUT2D eigenvalue weighted by Crippen LogP contribution is -2.24. The molecule has 2 fully saturated rings. The maximum atomic E-state index is 12.4. The monoisotopic (exact) mass is 708 g/mol. The normalized spacial score (nSPS) is 22.6. The number of rotatable bonds is 8. The van der Waals surface area contributed by atoms with E-state index in [-0.39, 0.29) is 37.2 Å². The molecule has 0 bridgehead atoms. The predicted molar refractivity (Wildman–Crippen MR) is 186 cm³/mol. The van der Waals surface area contributed by atoms with Gasteiger partial charge in [-0.2, -0.15) is 10.2 Å². The number of carbonyl (C=O) groups is 2. The first kappa shape index (κ1) is 34.7. The summed E-state index contributed by atoms with van der Waals surface area (Å²) < 4.78 is 14.6. The number of ether oxygens (including phenoxy) is 2. The van der Waals surface area contributed by atoms with Crippen LogP contribution in [0.25, 0.3) is 22.1 Å². The van der Waals surface area contributed by atoms with E-state index in [1.165, 1.54) is 23.5 Å². The molecule has 2 aliphatic heterocycles. The summed E-state index contributed by atoms with van der Waals surface area (Å²) >= 11 is 0. The topological polar surface area (TPSA) is 225 Å². The van der Waals surface area contributed by atoms with Gasteiger partial charge in [0.05, 0.1) is 48.1 Å². The zero-order valence-corrected chi connectivity index (χ0v) is 27.9. The number of amides is 2. The number of benzene rings is 2. The molecule has 0 radical (unpaired) electrons. The molecule has 17 heteroatoms. The smallest absolute Gasteiger partial charge is 0.256 e. The number of fused-ring (bicyclic) bond motifs is 2. The molecule has 268 valence electrons. The molecular formula is C35H36N10O7. The average molecular weight is 709 g/mol. The lowest BCUT2D eigenvalue weighted by molar-refractivity contribution is -0.0470. The van der Waals surface area contributed by atoms with Crippen molar-refractivity contribution in [2.45, 2.75) is 63.1 Å². The van der Waals surface area contributed by atoms with Gasteiger partial charge in [0.2, 0.25) is 0 Å². The molecule has 0 saturated carbocycles. The number of anilines is 2. The molecule has 2 amide bonds. The number of aliphatic hydroxyl groups is 3. The van der Waals surface area contributed by atoms with Gasteiger partial charge in [-0.1, -0.05) is 43.3 Å². The van der Waals surface area contributed by atoms with E-state index in [4.69, 9.17) is 9.47 Å². The third kappa shape index (κ3) is 7.07. The molecule has 2 aromatic carbocycles. The average Bonchev–Trinajstić information content (AvgIpc) is 3.97. The van der Waals surface area contributed by atoms with E-state index in [1.807, 2.05) is 19.1 Å². The Morgan fingerprint density at radius 2 is 1.15 bits per heavy atom. The van der Waals surface area contributed by atoms with E-state index in [0.29, 0.717) is 51.3 Å². The van der Waals surface area contributed by atoms with Crippen LogP contribution in [0.4, 0.5) is 11.6 Å². The van der Waals surface area contributed by atoms with Crippen molar-refractivity contribution in [1.82, 2.24) is 39.5 Å². The van der Waals surface area contributed by atoms with Crippen LogP contribution < -0.4 is 10.6 Å². The number of carbonyl (C=O) groups excluding carboxylic acids is 2. The van der Waals surface area contributed by atoms with Gasteiger partial charge in [-0.3, -0.25) is 9.59 Å². The molecular weight excluding hydrogens is 672 g/mol. The Morgan fingerprint density at radius 1 is 0.712 bits per heavy atom. The van der Waals surface area contributed by atoms with Crippen LogP contribution in [0, 0.1) is 0 Å². The Hall–Kier alpha value is -5.72. The quantitative estimate of drug-likeness (QED) is 0.154. The highest BCUT2D eigenvalue weighted by Crippen LogP contribution is 2.33. The molecule has 0 aliphatic carbocycles. The first-order chi connectivity index (χ1) is 25.3. The van der Waals surface area contributed by atoms with Crippen molar-refractivity contribution < 1.29 is 34.4 Å². The Morgan fingerprint density at radius 3 is 1.56 bits per heavy atom. The molecule has 0 unspecified atom stereocenters. The first-order valence-corrected chi connectivity index (χ1v) is 16.7. The molecule has 2 aliphatic rings. The van der Waals surface area contributed by atoms with Crippen LogP contribution in [0.5, 0.6) is 0 Å². The van der Waals surface area contributed by atoms with E-state index >= 15 is 0 Å². The zero-order chi connectivity index (χ0) is 36.2. The van der Waals surface area contributed by atoms with E-state index in [2.05, 4.69) is 40.8 Å². The van der Waals surface area contributed by atoms with Gasteiger partial charge in [0, 0.05) is 24.0 Å². The van der Waals surface area contributed by atoms with Crippen molar-refractivity contribution in [3.8, 4) is 0 Å². The molecule has 2 saturated heterocycles. The van der Waals surface area contributed by atoms with E-state index in [0.717, 1.165) is 6.42 Å². The highest BCUT2D eigenvalue weighted by molar-refractivity contribution is 6.08. The van der Waals surface area contributed by atoms with Gasteiger partial charge >= 0.3 is 0 Å². The van der Waals surface area contributed by atoms with Crippen LogP contribution >= 0.6 is 0 Å². The number of nitrogens with one attached hydrogen (secondary N) is 2. The summed E-state index contributed by atoms with van der Waals surface area (Å²) in [5.41, 5.74) is 2.08. The Balaban J connectivity index is 0.000000162. The van der Waals surface area contributed by atoms with Gasteiger partial charge in [0.15, 0.2) is 23.8 Å². The van der Waals surface area contributed by atoms with Crippen molar-refractivity contribution in [2.75, 3.05) is 17.2 Å².